The average Bonchev–Trinajstić information content (AvgIpc) is 2.12. The maximum absolute atomic E-state index is 11.4. The van der Waals surface area contributed by atoms with E-state index in [9.17, 15) is 13.2 Å². The molecule has 0 aromatic rings. The van der Waals surface area contributed by atoms with Gasteiger partial charge in [-0.1, -0.05) is 6.58 Å². The molecule has 0 bridgehead atoms. The maximum Gasteiger partial charge on any atom is 0.321 e. The molecule has 1 rings (SSSR count). The molecule has 1 heterocycles. The number of esters is 1. The third-order valence-electron chi connectivity index (χ3n) is 1.75. The summed E-state index contributed by atoms with van der Waals surface area (Å²) in [6.45, 7) is 3.48. The lowest BCUT2D eigenvalue weighted by Crippen LogP contribution is -2.37. The zero-order valence-electron chi connectivity index (χ0n) is 7.76. The first kappa shape index (κ1) is 10.9. The summed E-state index contributed by atoms with van der Waals surface area (Å²) in [6, 6.07) is 0. The van der Waals surface area contributed by atoms with E-state index >= 15 is 0 Å². The molecule has 1 aliphatic rings. The molecule has 0 N–H and O–H groups in total. The molecule has 0 aromatic heterocycles. The highest BCUT2D eigenvalue weighted by atomic mass is 32.2. The van der Waals surface area contributed by atoms with E-state index in [0.29, 0.717) is 5.57 Å². The summed E-state index contributed by atoms with van der Waals surface area (Å²) in [5, 5.41) is 1.03. The van der Waals surface area contributed by atoms with Crippen molar-refractivity contribution in [3.05, 3.63) is 23.6 Å². The fourth-order valence-corrected chi connectivity index (χ4v) is 2.16. The van der Waals surface area contributed by atoms with Gasteiger partial charge in [-0.3, -0.25) is 4.79 Å². The zero-order chi connectivity index (χ0) is 10.8. The quantitative estimate of drug-likeness (QED) is 0.605. The molecule has 5 nitrogen and oxygen atoms in total. The second-order valence-electron chi connectivity index (χ2n) is 2.85. The Hall–Kier alpha value is -1.14. The standard InChI is InChI=1S/C8H11NO4S/c1-7-3-4-14(11,12)9(5-7)6-8(10)13-2/h3-4H,1,5-6H2,2H3. The molecule has 0 spiro atoms. The van der Waals surface area contributed by atoms with Crippen LogP contribution in [0.25, 0.3) is 0 Å². The Bertz CT molecular complexity index is 382. The minimum atomic E-state index is -3.47. The normalized spacial score (nSPS) is 20.8. The van der Waals surface area contributed by atoms with E-state index < -0.39 is 16.0 Å². The lowest BCUT2D eigenvalue weighted by molar-refractivity contribution is -0.140. The van der Waals surface area contributed by atoms with Crippen molar-refractivity contribution in [2.75, 3.05) is 20.2 Å². The van der Waals surface area contributed by atoms with Crippen molar-refractivity contribution >= 4 is 16.0 Å². The van der Waals surface area contributed by atoms with E-state index in [1.54, 1.807) is 0 Å². The molecule has 0 unspecified atom stereocenters. The van der Waals surface area contributed by atoms with Crippen LogP contribution >= 0.6 is 0 Å². The van der Waals surface area contributed by atoms with Crippen molar-refractivity contribution in [1.29, 1.82) is 0 Å². The molecule has 1 aliphatic heterocycles. The SMILES string of the molecule is C=C1C=CS(=O)(=O)N(CC(=O)OC)C1. The molecule has 0 radical (unpaired) electrons. The number of methoxy groups -OCH3 is 1. The molecule has 0 saturated carbocycles. The van der Waals surface area contributed by atoms with Gasteiger partial charge in [-0.25, -0.2) is 8.42 Å². The molecule has 0 atom stereocenters. The average molecular weight is 217 g/mol. The van der Waals surface area contributed by atoms with Crippen LogP contribution in [0.5, 0.6) is 0 Å². The lowest BCUT2D eigenvalue weighted by atomic mass is 10.3. The number of ether oxygens (including phenoxy) is 1. The second-order valence-corrected chi connectivity index (χ2v) is 4.67. The molecular formula is C8H11NO4S. The fourth-order valence-electron chi connectivity index (χ4n) is 0.992. The van der Waals surface area contributed by atoms with E-state index in [2.05, 4.69) is 11.3 Å². The second kappa shape index (κ2) is 3.93. The molecule has 6 heteroatoms. The molecule has 0 aliphatic carbocycles. The Morgan fingerprint density at radius 1 is 1.71 bits per heavy atom. The highest BCUT2D eigenvalue weighted by Gasteiger charge is 2.25. The lowest BCUT2D eigenvalue weighted by Gasteiger charge is -2.22. The van der Waals surface area contributed by atoms with Crippen molar-refractivity contribution in [3.8, 4) is 0 Å². The molecule has 0 fully saturated rings. The van der Waals surface area contributed by atoms with Crippen LogP contribution in [0, 0.1) is 0 Å². The Morgan fingerprint density at radius 2 is 2.36 bits per heavy atom. The van der Waals surface area contributed by atoms with Gasteiger partial charge in [0.15, 0.2) is 0 Å². The van der Waals surface area contributed by atoms with E-state index in [0.717, 1.165) is 9.71 Å². The topological polar surface area (TPSA) is 63.7 Å². The summed E-state index contributed by atoms with van der Waals surface area (Å²) in [4.78, 5) is 10.9. The third kappa shape index (κ3) is 2.43. The van der Waals surface area contributed by atoms with Gasteiger partial charge in [-0.05, 0) is 11.6 Å². The number of carbonyl (C=O) groups excluding carboxylic acids is 1. The van der Waals surface area contributed by atoms with Crippen molar-refractivity contribution in [2.45, 2.75) is 0 Å². The van der Waals surface area contributed by atoms with Crippen molar-refractivity contribution in [3.63, 3.8) is 0 Å². The minimum absolute atomic E-state index is 0.133. The number of sulfonamides is 1. The number of hydrogen-bond donors (Lipinski definition) is 0. The van der Waals surface area contributed by atoms with Gasteiger partial charge in [0.1, 0.15) is 6.54 Å². The summed E-state index contributed by atoms with van der Waals surface area (Å²) < 4.78 is 28.1. The van der Waals surface area contributed by atoms with Crippen LogP contribution in [0.2, 0.25) is 0 Å². The Morgan fingerprint density at radius 3 is 2.93 bits per heavy atom. The highest BCUT2D eigenvalue weighted by Crippen LogP contribution is 2.13. The third-order valence-corrected chi connectivity index (χ3v) is 3.21. The molecule has 0 amide bonds. The molecule has 78 valence electrons. The van der Waals surface area contributed by atoms with Crippen LogP contribution < -0.4 is 0 Å². The smallest absolute Gasteiger partial charge is 0.321 e. The molecular weight excluding hydrogens is 206 g/mol. The van der Waals surface area contributed by atoms with Gasteiger partial charge < -0.3 is 4.74 Å². The molecule has 0 saturated heterocycles. The predicted octanol–water partition coefficient (Wildman–Crippen LogP) is -0.125. The summed E-state index contributed by atoms with van der Waals surface area (Å²) in [7, 11) is -2.26. The van der Waals surface area contributed by atoms with Crippen LogP contribution in [0.4, 0.5) is 0 Å². The van der Waals surface area contributed by atoms with Gasteiger partial charge in [-0.15, -0.1) is 0 Å². The van der Waals surface area contributed by atoms with Crippen molar-refractivity contribution < 1.29 is 17.9 Å². The number of nitrogens with zero attached hydrogens (tertiary/aromatic N) is 1. The summed E-state index contributed by atoms with van der Waals surface area (Å²) in [6.07, 6.45) is 1.42. The summed E-state index contributed by atoms with van der Waals surface area (Å²) in [5.41, 5.74) is 0.642. The van der Waals surface area contributed by atoms with Gasteiger partial charge in [0.2, 0.25) is 10.0 Å². The van der Waals surface area contributed by atoms with E-state index in [-0.39, 0.29) is 13.1 Å². The minimum Gasteiger partial charge on any atom is -0.468 e. The summed E-state index contributed by atoms with van der Waals surface area (Å²) in [5.74, 6) is -0.586. The van der Waals surface area contributed by atoms with Gasteiger partial charge in [0, 0.05) is 12.0 Å². The van der Waals surface area contributed by atoms with Gasteiger partial charge in [0.05, 0.1) is 7.11 Å². The maximum atomic E-state index is 11.4. The van der Waals surface area contributed by atoms with Crippen molar-refractivity contribution in [2.24, 2.45) is 0 Å². The fraction of sp³-hybridized carbons (Fsp3) is 0.375. The van der Waals surface area contributed by atoms with Crippen molar-refractivity contribution in [1.82, 2.24) is 4.31 Å². The first-order valence-electron chi connectivity index (χ1n) is 3.88. The molecule has 0 aromatic carbocycles. The largest absolute Gasteiger partial charge is 0.468 e. The first-order valence-corrected chi connectivity index (χ1v) is 5.39. The first-order chi connectivity index (χ1) is 6.45. The molecule has 14 heavy (non-hydrogen) atoms. The number of carbonyl (C=O) groups is 1. The Balaban J connectivity index is 2.83. The van der Waals surface area contributed by atoms with Gasteiger partial charge in [0.25, 0.3) is 0 Å². The van der Waals surface area contributed by atoms with Gasteiger partial charge >= 0.3 is 5.97 Å². The van der Waals surface area contributed by atoms with Crippen LogP contribution in [-0.4, -0.2) is 38.9 Å². The predicted molar refractivity (Wildman–Crippen MR) is 50.8 cm³/mol. The Kier molecular flexibility index (Phi) is 3.07. The number of hydrogen-bond acceptors (Lipinski definition) is 4. The van der Waals surface area contributed by atoms with Crippen LogP contribution in [0.1, 0.15) is 0 Å². The van der Waals surface area contributed by atoms with E-state index in [4.69, 9.17) is 0 Å². The number of rotatable bonds is 2. The highest BCUT2D eigenvalue weighted by molar-refractivity contribution is 7.92. The Labute approximate surface area is 82.7 Å². The van der Waals surface area contributed by atoms with E-state index in [1.165, 1.54) is 13.2 Å². The summed E-state index contributed by atoms with van der Waals surface area (Å²) >= 11 is 0. The zero-order valence-corrected chi connectivity index (χ0v) is 8.58. The van der Waals surface area contributed by atoms with E-state index in [1.807, 2.05) is 0 Å². The van der Waals surface area contributed by atoms with Crippen LogP contribution in [-0.2, 0) is 19.6 Å². The van der Waals surface area contributed by atoms with Crippen LogP contribution in [0.3, 0.4) is 0 Å². The monoisotopic (exact) mass is 217 g/mol. The van der Waals surface area contributed by atoms with Crippen LogP contribution in [0.15, 0.2) is 23.6 Å². The van der Waals surface area contributed by atoms with Gasteiger partial charge in [-0.2, -0.15) is 4.31 Å².